The summed E-state index contributed by atoms with van der Waals surface area (Å²) in [6, 6.07) is 8.40. The molecule has 8 heteroatoms. The number of pyridine rings is 1. The number of halogens is 1. The van der Waals surface area contributed by atoms with Crippen LogP contribution in [-0.2, 0) is 16.6 Å². The standard InChI is InChI=1S/C16H14ClN3O2S2/c1-11-4-5-13(7-14(11)17)24(21,22)19-9-16-20-15(10-23-16)12-3-2-6-18-8-12/h2-8,10,19H,9H2,1H3. The molecule has 124 valence electrons. The van der Waals surface area contributed by atoms with Crippen molar-refractivity contribution in [2.45, 2.75) is 18.4 Å². The van der Waals surface area contributed by atoms with E-state index in [1.165, 1.54) is 23.5 Å². The van der Waals surface area contributed by atoms with Crippen molar-refractivity contribution in [2.24, 2.45) is 0 Å². The topological polar surface area (TPSA) is 72.0 Å². The van der Waals surface area contributed by atoms with E-state index in [-0.39, 0.29) is 11.4 Å². The zero-order chi connectivity index (χ0) is 17.2. The van der Waals surface area contributed by atoms with Gasteiger partial charge in [-0.25, -0.2) is 18.1 Å². The molecule has 0 saturated carbocycles. The third-order valence-electron chi connectivity index (χ3n) is 3.38. The molecule has 0 fully saturated rings. The van der Waals surface area contributed by atoms with Crippen LogP contribution in [0.3, 0.4) is 0 Å². The van der Waals surface area contributed by atoms with Gasteiger partial charge < -0.3 is 0 Å². The SMILES string of the molecule is Cc1ccc(S(=O)(=O)NCc2nc(-c3cccnc3)cs2)cc1Cl. The lowest BCUT2D eigenvalue weighted by atomic mass is 10.2. The minimum Gasteiger partial charge on any atom is -0.264 e. The normalized spacial score (nSPS) is 11.6. The summed E-state index contributed by atoms with van der Waals surface area (Å²) < 4.78 is 27.2. The molecule has 1 aromatic carbocycles. The first-order valence-electron chi connectivity index (χ1n) is 7.06. The molecule has 0 spiro atoms. The predicted octanol–water partition coefficient (Wildman–Crippen LogP) is 3.65. The number of aromatic nitrogens is 2. The maximum Gasteiger partial charge on any atom is 0.241 e. The molecule has 5 nitrogen and oxygen atoms in total. The molecule has 0 atom stereocenters. The number of rotatable bonds is 5. The second-order valence-corrected chi connectivity index (χ2v) is 8.22. The van der Waals surface area contributed by atoms with Gasteiger partial charge in [-0.05, 0) is 36.8 Å². The van der Waals surface area contributed by atoms with Crippen molar-refractivity contribution >= 4 is 33.0 Å². The first-order chi connectivity index (χ1) is 11.5. The number of thiazole rings is 1. The van der Waals surface area contributed by atoms with Crippen molar-refractivity contribution in [3.63, 3.8) is 0 Å². The van der Waals surface area contributed by atoms with Crippen LogP contribution in [0, 0.1) is 6.92 Å². The molecule has 0 aliphatic heterocycles. The molecule has 0 radical (unpaired) electrons. The van der Waals surface area contributed by atoms with E-state index in [0.717, 1.165) is 16.8 Å². The third kappa shape index (κ3) is 3.81. The fourth-order valence-corrected chi connectivity index (χ4v) is 4.11. The Morgan fingerprint density at radius 1 is 1.29 bits per heavy atom. The van der Waals surface area contributed by atoms with Gasteiger partial charge in [-0.3, -0.25) is 4.98 Å². The van der Waals surface area contributed by atoms with E-state index in [1.54, 1.807) is 18.5 Å². The zero-order valence-corrected chi connectivity index (χ0v) is 15.1. The van der Waals surface area contributed by atoms with Gasteiger partial charge in [0.05, 0.1) is 17.1 Å². The Hall–Kier alpha value is -1.80. The number of aryl methyl sites for hydroxylation is 1. The molecule has 2 heterocycles. The Morgan fingerprint density at radius 3 is 2.83 bits per heavy atom. The molecule has 3 rings (SSSR count). The molecule has 3 aromatic rings. The Kier molecular flexibility index (Phi) is 4.96. The number of hydrogen-bond acceptors (Lipinski definition) is 5. The largest absolute Gasteiger partial charge is 0.264 e. The minimum atomic E-state index is -3.63. The Bertz CT molecular complexity index is 956. The van der Waals surface area contributed by atoms with E-state index in [1.807, 2.05) is 24.4 Å². The number of nitrogens with one attached hydrogen (secondary N) is 1. The van der Waals surface area contributed by atoms with Gasteiger partial charge in [-0.15, -0.1) is 11.3 Å². The van der Waals surface area contributed by atoms with E-state index in [2.05, 4.69) is 14.7 Å². The van der Waals surface area contributed by atoms with Crippen LogP contribution in [0.15, 0.2) is 53.0 Å². The van der Waals surface area contributed by atoms with Crippen LogP contribution in [-0.4, -0.2) is 18.4 Å². The van der Waals surface area contributed by atoms with Crippen molar-refractivity contribution in [3.05, 3.63) is 63.7 Å². The number of benzene rings is 1. The summed E-state index contributed by atoms with van der Waals surface area (Å²) in [7, 11) is -3.63. The van der Waals surface area contributed by atoms with Crippen LogP contribution in [0.2, 0.25) is 5.02 Å². The molecule has 2 aromatic heterocycles. The van der Waals surface area contributed by atoms with E-state index in [0.29, 0.717) is 10.0 Å². The average Bonchev–Trinajstić information content (AvgIpc) is 3.05. The van der Waals surface area contributed by atoms with E-state index < -0.39 is 10.0 Å². The van der Waals surface area contributed by atoms with Gasteiger partial charge in [-0.1, -0.05) is 17.7 Å². The molecule has 0 saturated heterocycles. The summed E-state index contributed by atoms with van der Waals surface area (Å²) in [5, 5.41) is 2.98. The minimum absolute atomic E-state index is 0.124. The highest BCUT2D eigenvalue weighted by Crippen LogP contribution is 2.22. The molecule has 1 N–H and O–H groups in total. The fourth-order valence-electron chi connectivity index (χ4n) is 2.02. The first-order valence-corrected chi connectivity index (χ1v) is 9.80. The fraction of sp³-hybridized carbons (Fsp3) is 0.125. The monoisotopic (exact) mass is 379 g/mol. The van der Waals surface area contributed by atoms with Crippen LogP contribution >= 0.6 is 22.9 Å². The molecule has 0 aliphatic carbocycles. The van der Waals surface area contributed by atoms with E-state index in [4.69, 9.17) is 11.6 Å². The summed E-state index contributed by atoms with van der Waals surface area (Å²) in [4.78, 5) is 8.63. The second kappa shape index (κ2) is 6.98. The van der Waals surface area contributed by atoms with Crippen molar-refractivity contribution in [2.75, 3.05) is 0 Å². The molecular formula is C16H14ClN3O2S2. The maximum atomic E-state index is 12.3. The van der Waals surface area contributed by atoms with Crippen molar-refractivity contribution < 1.29 is 8.42 Å². The first kappa shape index (κ1) is 17.0. The summed E-state index contributed by atoms with van der Waals surface area (Å²) in [6.07, 6.45) is 3.41. The Balaban J connectivity index is 1.73. The number of nitrogens with zero attached hydrogens (tertiary/aromatic N) is 2. The molecule has 0 aliphatic rings. The predicted molar refractivity (Wildman–Crippen MR) is 95.6 cm³/mol. The van der Waals surface area contributed by atoms with Crippen LogP contribution in [0.4, 0.5) is 0 Å². The number of hydrogen-bond donors (Lipinski definition) is 1. The quantitative estimate of drug-likeness (QED) is 0.734. The van der Waals surface area contributed by atoms with Crippen molar-refractivity contribution in [1.82, 2.24) is 14.7 Å². The van der Waals surface area contributed by atoms with Gasteiger partial charge in [0, 0.05) is 28.4 Å². The summed E-state index contributed by atoms with van der Waals surface area (Å²) in [5.74, 6) is 0. The molecule has 0 bridgehead atoms. The smallest absolute Gasteiger partial charge is 0.241 e. The molecule has 0 unspecified atom stereocenters. The Labute approximate surface area is 149 Å². The second-order valence-electron chi connectivity index (χ2n) is 5.10. The molecular weight excluding hydrogens is 366 g/mol. The van der Waals surface area contributed by atoms with Gasteiger partial charge in [0.15, 0.2) is 0 Å². The lowest BCUT2D eigenvalue weighted by molar-refractivity contribution is 0.581. The van der Waals surface area contributed by atoms with Gasteiger partial charge in [0.2, 0.25) is 10.0 Å². The van der Waals surface area contributed by atoms with Crippen LogP contribution in [0.1, 0.15) is 10.6 Å². The van der Waals surface area contributed by atoms with Crippen LogP contribution in [0.25, 0.3) is 11.3 Å². The van der Waals surface area contributed by atoms with Gasteiger partial charge in [0.1, 0.15) is 5.01 Å². The van der Waals surface area contributed by atoms with E-state index in [9.17, 15) is 8.42 Å². The average molecular weight is 380 g/mol. The van der Waals surface area contributed by atoms with Crippen LogP contribution in [0.5, 0.6) is 0 Å². The highest BCUT2D eigenvalue weighted by atomic mass is 35.5. The van der Waals surface area contributed by atoms with Gasteiger partial charge in [0.25, 0.3) is 0 Å². The maximum absolute atomic E-state index is 12.3. The summed E-state index contributed by atoms with van der Waals surface area (Å²) in [6.45, 7) is 1.94. The Morgan fingerprint density at radius 2 is 2.12 bits per heavy atom. The lowest BCUT2D eigenvalue weighted by Gasteiger charge is -2.06. The molecule has 24 heavy (non-hydrogen) atoms. The summed E-state index contributed by atoms with van der Waals surface area (Å²) >= 11 is 7.39. The highest BCUT2D eigenvalue weighted by molar-refractivity contribution is 7.89. The lowest BCUT2D eigenvalue weighted by Crippen LogP contribution is -2.23. The van der Waals surface area contributed by atoms with Crippen LogP contribution < -0.4 is 4.72 Å². The van der Waals surface area contributed by atoms with E-state index >= 15 is 0 Å². The van der Waals surface area contributed by atoms with Crippen molar-refractivity contribution in [1.29, 1.82) is 0 Å². The zero-order valence-electron chi connectivity index (χ0n) is 12.7. The molecule has 0 amide bonds. The van der Waals surface area contributed by atoms with Gasteiger partial charge >= 0.3 is 0 Å². The number of sulfonamides is 1. The van der Waals surface area contributed by atoms with Crippen molar-refractivity contribution in [3.8, 4) is 11.3 Å². The summed E-state index contributed by atoms with van der Waals surface area (Å²) in [5.41, 5.74) is 2.51. The van der Waals surface area contributed by atoms with Gasteiger partial charge in [-0.2, -0.15) is 0 Å². The highest BCUT2D eigenvalue weighted by Gasteiger charge is 2.16. The third-order valence-corrected chi connectivity index (χ3v) is 6.03.